The molecule has 1 aliphatic carbocycles. The van der Waals surface area contributed by atoms with Gasteiger partial charge in [0.25, 0.3) is 0 Å². The average molecular weight is 246 g/mol. The Balaban J connectivity index is 1.54. The summed E-state index contributed by atoms with van der Waals surface area (Å²) in [5.41, 5.74) is 2.56. The van der Waals surface area contributed by atoms with Crippen LogP contribution >= 0.6 is 0 Å². The second kappa shape index (κ2) is 5.61. The van der Waals surface area contributed by atoms with Crippen LogP contribution in [0.3, 0.4) is 0 Å². The Labute approximate surface area is 109 Å². The first-order valence-corrected chi connectivity index (χ1v) is 7.08. The lowest BCUT2D eigenvalue weighted by Crippen LogP contribution is -2.36. The highest BCUT2D eigenvalue weighted by Gasteiger charge is 2.16. The zero-order chi connectivity index (χ0) is 12.2. The van der Waals surface area contributed by atoms with Crippen molar-refractivity contribution in [1.29, 1.82) is 0 Å². The molecule has 1 aromatic carbocycles. The molecule has 3 rings (SSSR count). The van der Waals surface area contributed by atoms with Crippen LogP contribution in [-0.4, -0.2) is 32.8 Å². The van der Waals surface area contributed by atoms with Gasteiger partial charge >= 0.3 is 0 Å². The Bertz CT molecular complexity index is 367. The van der Waals surface area contributed by atoms with Gasteiger partial charge in [0.15, 0.2) is 0 Å². The van der Waals surface area contributed by atoms with E-state index in [-0.39, 0.29) is 0 Å². The topological polar surface area (TPSA) is 24.5 Å². The Kier molecular flexibility index (Phi) is 3.69. The largest absolute Gasteiger partial charge is 0.385 e. The Morgan fingerprint density at radius 1 is 1.11 bits per heavy atom. The van der Waals surface area contributed by atoms with Gasteiger partial charge in [-0.1, -0.05) is 6.42 Å². The number of ether oxygens (including phenoxy) is 1. The minimum atomic E-state index is 0.849. The molecule has 0 radical (unpaired) electrons. The quantitative estimate of drug-likeness (QED) is 0.884. The predicted molar refractivity (Wildman–Crippen MR) is 75.3 cm³/mol. The molecular weight excluding hydrogens is 224 g/mol. The average Bonchev–Trinajstić information content (AvgIpc) is 2.39. The molecule has 1 saturated heterocycles. The van der Waals surface area contributed by atoms with Crippen molar-refractivity contribution in [1.82, 2.24) is 0 Å². The number of anilines is 2. The number of hydrogen-bond acceptors (Lipinski definition) is 3. The molecule has 1 aliphatic heterocycles. The third-order valence-electron chi connectivity index (χ3n) is 4.06. The van der Waals surface area contributed by atoms with Crippen LogP contribution in [0, 0.1) is 5.92 Å². The van der Waals surface area contributed by atoms with E-state index in [1.54, 1.807) is 0 Å². The van der Waals surface area contributed by atoms with Crippen LogP contribution < -0.4 is 10.2 Å². The molecule has 0 aromatic heterocycles. The lowest BCUT2D eigenvalue weighted by atomic mass is 9.85. The van der Waals surface area contributed by atoms with E-state index in [4.69, 9.17) is 4.74 Å². The van der Waals surface area contributed by atoms with Crippen molar-refractivity contribution in [3.05, 3.63) is 24.3 Å². The molecule has 98 valence electrons. The molecule has 2 aliphatic rings. The maximum atomic E-state index is 5.37. The highest BCUT2D eigenvalue weighted by atomic mass is 16.5. The third kappa shape index (κ3) is 2.78. The first-order chi connectivity index (χ1) is 8.92. The summed E-state index contributed by atoms with van der Waals surface area (Å²) in [5, 5.41) is 3.53. The highest BCUT2D eigenvalue weighted by molar-refractivity contribution is 5.55. The number of morpholine rings is 1. The molecule has 3 heteroatoms. The fraction of sp³-hybridized carbons (Fsp3) is 0.600. The van der Waals surface area contributed by atoms with E-state index >= 15 is 0 Å². The monoisotopic (exact) mass is 246 g/mol. The van der Waals surface area contributed by atoms with Gasteiger partial charge in [-0.2, -0.15) is 0 Å². The Hall–Kier alpha value is -1.22. The summed E-state index contributed by atoms with van der Waals surface area (Å²) in [6, 6.07) is 8.83. The minimum absolute atomic E-state index is 0.849. The highest BCUT2D eigenvalue weighted by Crippen LogP contribution is 2.27. The van der Waals surface area contributed by atoms with Gasteiger partial charge in [0, 0.05) is 31.0 Å². The van der Waals surface area contributed by atoms with Gasteiger partial charge < -0.3 is 15.0 Å². The van der Waals surface area contributed by atoms with Crippen LogP contribution in [0.15, 0.2) is 24.3 Å². The standard InChI is InChI=1S/C15H22N2O/c1-2-13(3-1)12-16-14-4-6-15(7-5-14)17-8-10-18-11-9-17/h4-7,13,16H,1-3,8-12H2. The van der Waals surface area contributed by atoms with Gasteiger partial charge in [-0.25, -0.2) is 0 Å². The smallest absolute Gasteiger partial charge is 0.0642 e. The van der Waals surface area contributed by atoms with Crippen LogP contribution in [0.1, 0.15) is 19.3 Å². The lowest BCUT2D eigenvalue weighted by Gasteiger charge is -2.29. The normalized spacial score (nSPS) is 20.6. The first kappa shape index (κ1) is 11.8. The summed E-state index contributed by atoms with van der Waals surface area (Å²) in [5.74, 6) is 0.906. The van der Waals surface area contributed by atoms with Gasteiger partial charge in [-0.3, -0.25) is 0 Å². The summed E-state index contributed by atoms with van der Waals surface area (Å²) in [7, 11) is 0. The van der Waals surface area contributed by atoms with E-state index in [2.05, 4.69) is 34.5 Å². The molecule has 2 fully saturated rings. The molecular formula is C15H22N2O. The molecule has 0 amide bonds. The molecule has 0 bridgehead atoms. The van der Waals surface area contributed by atoms with Crippen molar-refractivity contribution in [2.24, 2.45) is 5.92 Å². The van der Waals surface area contributed by atoms with Gasteiger partial charge in [0.2, 0.25) is 0 Å². The summed E-state index contributed by atoms with van der Waals surface area (Å²) >= 11 is 0. The number of hydrogen-bond donors (Lipinski definition) is 1. The van der Waals surface area contributed by atoms with Crippen molar-refractivity contribution in [3.63, 3.8) is 0 Å². The van der Waals surface area contributed by atoms with Gasteiger partial charge in [0.05, 0.1) is 13.2 Å². The summed E-state index contributed by atoms with van der Waals surface area (Å²) in [6.07, 6.45) is 4.22. The summed E-state index contributed by atoms with van der Waals surface area (Å²) in [4.78, 5) is 2.39. The fourth-order valence-electron chi connectivity index (χ4n) is 2.57. The molecule has 0 unspecified atom stereocenters. The van der Waals surface area contributed by atoms with Crippen LogP contribution in [0.5, 0.6) is 0 Å². The van der Waals surface area contributed by atoms with Crippen LogP contribution in [-0.2, 0) is 4.74 Å². The van der Waals surface area contributed by atoms with Crippen molar-refractivity contribution >= 4 is 11.4 Å². The number of benzene rings is 1. The lowest BCUT2D eigenvalue weighted by molar-refractivity contribution is 0.122. The maximum Gasteiger partial charge on any atom is 0.0642 e. The third-order valence-corrected chi connectivity index (χ3v) is 4.06. The van der Waals surface area contributed by atoms with Crippen molar-refractivity contribution in [2.45, 2.75) is 19.3 Å². The van der Waals surface area contributed by atoms with E-state index in [1.807, 2.05) is 0 Å². The van der Waals surface area contributed by atoms with Crippen LogP contribution in [0.25, 0.3) is 0 Å². The second-order valence-electron chi connectivity index (χ2n) is 5.32. The second-order valence-corrected chi connectivity index (χ2v) is 5.32. The van der Waals surface area contributed by atoms with E-state index in [1.165, 1.54) is 30.6 Å². The van der Waals surface area contributed by atoms with Crippen LogP contribution in [0.2, 0.25) is 0 Å². The molecule has 1 heterocycles. The van der Waals surface area contributed by atoms with E-state index in [9.17, 15) is 0 Å². The fourth-order valence-corrected chi connectivity index (χ4v) is 2.57. The maximum absolute atomic E-state index is 5.37. The minimum Gasteiger partial charge on any atom is -0.385 e. The van der Waals surface area contributed by atoms with E-state index < -0.39 is 0 Å². The first-order valence-electron chi connectivity index (χ1n) is 7.08. The zero-order valence-electron chi connectivity index (χ0n) is 10.9. The van der Waals surface area contributed by atoms with Crippen LogP contribution in [0.4, 0.5) is 11.4 Å². The van der Waals surface area contributed by atoms with Gasteiger partial charge in [-0.15, -0.1) is 0 Å². The predicted octanol–water partition coefficient (Wildman–Crippen LogP) is 2.74. The van der Waals surface area contributed by atoms with E-state index in [0.717, 1.165) is 38.8 Å². The zero-order valence-corrected chi connectivity index (χ0v) is 10.9. The number of rotatable bonds is 4. The SMILES string of the molecule is c1cc(N2CCOCC2)ccc1NCC1CCC1. The molecule has 0 atom stereocenters. The Morgan fingerprint density at radius 2 is 1.83 bits per heavy atom. The van der Waals surface area contributed by atoms with Crippen molar-refractivity contribution in [3.8, 4) is 0 Å². The van der Waals surface area contributed by atoms with Gasteiger partial charge in [0.1, 0.15) is 0 Å². The number of nitrogens with one attached hydrogen (secondary N) is 1. The summed E-state index contributed by atoms with van der Waals surface area (Å²) < 4.78 is 5.37. The summed E-state index contributed by atoms with van der Waals surface area (Å²) in [6.45, 7) is 4.85. The van der Waals surface area contributed by atoms with E-state index in [0.29, 0.717) is 0 Å². The van der Waals surface area contributed by atoms with Crippen molar-refractivity contribution < 1.29 is 4.74 Å². The Morgan fingerprint density at radius 3 is 2.44 bits per heavy atom. The van der Waals surface area contributed by atoms with Crippen molar-refractivity contribution in [2.75, 3.05) is 43.1 Å². The molecule has 0 spiro atoms. The molecule has 1 N–H and O–H groups in total. The number of nitrogens with zero attached hydrogens (tertiary/aromatic N) is 1. The molecule has 18 heavy (non-hydrogen) atoms. The van der Waals surface area contributed by atoms with Gasteiger partial charge in [-0.05, 0) is 43.0 Å². The molecule has 1 saturated carbocycles. The molecule has 3 nitrogen and oxygen atoms in total. The molecule has 1 aromatic rings.